The van der Waals surface area contributed by atoms with Gasteiger partial charge in [-0.1, -0.05) is 6.07 Å². The van der Waals surface area contributed by atoms with Gasteiger partial charge in [-0.25, -0.2) is 4.79 Å². The van der Waals surface area contributed by atoms with Crippen LogP contribution in [0.3, 0.4) is 0 Å². The SMILES string of the molecule is COC(=O)c1cc(Br)c(=O)n(Cc2ccccn2)c1. The van der Waals surface area contributed by atoms with Crippen LogP contribution >= 0.6 is 15.9 Å². The summed E-state index contributed by atoms with van der Waals surface area (Å²) in [5.41, 5.74) is 0.821. The molecule has 0 fully saturated rings. The van der Waals surface area contributed by atoms with Crippen molar-refractivity contribution in [2.24, 2.45) is 0 Å². The Kier molecular flexibility index (Phi) is 4.11. The summed E-state index contributed by atoms with van der Waals surface area (Å²) in [6, 6.07) is 6.90. The van der Waals surface area contributed by atoms with Gasteiger partial charge < -0.3 is 9.30 Å². The Morgan fingerprint density at radius 1 is 1.47 bits per heavy atom. The van der Waals surface area contributed by atoms with Crippen molar-refractivity contribution in [2.45, 2.75) is 6.54 Å². The fraction of sp³-hybridized carbons (Fsp3) is 0.154. The third-order valence-electron chi connectivity index (χ3n) is 2.52. The summed E-state index contributed by atoms with van der Waals surface area (Å²) in [7, 11) is 1.30. The van der Waals surface area contributed by atoms with Crippen molar-refractivity contribution in [1.29, 1.82) is 0 Å². The summed E-state index contributed by atoms with van der Waals surface area (Å²) >= 11 is 3.15. The number of rotatable bonds is 3. The third kappa shape index (κ3) is 3.08. The van der Waals surface area contributed by atoms with Gasteiger partial charge >= 0.3 is 5.97 Å². The second-order valence-electron chi connectivity index (χ2n) is 3.82. The fourth-order valence-electron chi connectivity index (χ4n) is 1.61. The van der Waals surface area contributed by atoms with Gasteiger partial charge in [0, 0.05) is 12.4 Å². The summed E-state index contributed by atoms with van der Waals surface area (Å²) in [6.07, 6.45) is 3.12. The highest BCUT2D eigenvalue weighted by Gasteiger charge is 2.11. The summed E-state index contributed by atoms with van der Waals surface area (Å²) in [5, 5.41) is 0. The molecule has 2 heterocycles. The molecule has 0 aliphatic carbocycles. The van der Waals surface area contributed by atoms with Crippen LogP contribution in [0.2, 0.25) is 0 Å². The second kappa shape index (κ2) is 5.79. The molecule has 0 saturated carbocycles. The average molecular weight is 323 g/mol. The van der Waals surface area contributed by atoms with Gasteiger partial charge in [0.1, 0.15) is 0 Å². The number of halogens is 1. The lowest BCUT2D eigenvalue weighted by molar-refractivity contribution is 0.0599. The van der Waals surface area contributed by atoms with E-state index in [0.717, 1.165) is 5.69 Å². The van der Waals surface area contributed by atoms with Gasteiger partial charge in [-0.3, -0.25) is 9.78 Å². The topological polar surface area (TPSA) is 61.2 Å². The van der Waals surface area contributed by atoms with E-state index in [1.165, 1.54) is 23.9 Å². The van der Waals surface area contributed by atoms with Gasteiger partial charge in [0.25, 0.3) is 5.56 Å². The van der Waals surface area contributed by atoms with Crippen LogP contribution in [-0.2, 0) is 11.3 Å². The number of pyridine rings is 2. The Bertz CT molecular complexity index is 653. The number of nitrogens with zero attached hydrogens (tertiary/aromatic N) is 2. The number of esters is 1. The number of carbonyl (C=O) groups excluding carboxylic acids is 1. The first kappa shape index (κ1) is 13.5. The number of hydrogen-bond donors (Lipinski definition) is 0. The third-order valence-corrected chi connectivity index (χ3v) is 3.09. The van der Waals surface area contributed by atoms with E-state index in [1.807, 2.05) is 12.1 Å². The molecule has 2 aromatic heterocycles. The Labute approximate surface area is 118 Å². The van der Waals surface area contributed by atoms with E-state index in [-0.39, 0.29) is 5.56 Å². The highest BCUT2D eigenvalue weighted by molar-refractivity contribution is 9.10. The molecular formula is C13H11BrN2O3. The summed E-state index contributed by atoms with van der Waals surface area (Å²) < 4.78 is 6.37. The van der Waals surface area contributed by atoms with Crippen LogP contribution in [0.4, 0.5) is 0 Å². The zero-order valence-electron chi connectivity index (χ0n) is 10.2. The first-order valence-corrected chi connectivity index (χ1v) is 6.29. The maximum Gasteiger partial charge on any atom is 0.339 e. The zero-order valence-corrected chi connectivity index (χ0v) is 11.8. The lowest BCUT2D eigenvalue weighted by Crippen LogP contribution is -2.23. The molecule has 0 spiro atoms. The fourth-order valence-corrected chi connectivity index (χ4v) is 2.09. The van der Waals surface area contributed by atoms with Crippen LogP contribution in [0, 0.1) is 0 Å². The van der Waals surface area contributed by atoms with Crippen molar-refractivity contribution in [3.05, 3.63) is 62.7 Å². The van der Waals surface area contributed by atoms with Crippen LogP contribution in [0.1, 0.15) is 16.1 Å². The molecule has 0 N–H and O–H groups in total. The maximum absolute atomic E-state index is 12.0. The molecule has 98 valence electrons. The molecule has 0 amide bonds. The van der Waals surface area contributed by atoms with Crippen LogP contribution in [0.15, 0.2) is 45.9 Å². The minimum Gasteiger partial charge on any atom is -0.465 e. The predicted molar refractivity (Wildman–Crippen MR) is 73.1 cm³/mol. The molecule has 0 aliphatic rings. The molecule has 2 rings (SSSR count). The van der Waals surface area contributed by atoms with Gasteiger partial charge in [0.2, 0.25) is 0 Å². The normalized spacial score (nSPS) is 10.2. The summed E-state index contributed by atoms with van der Waals surface area (Å²) in [4.78, 5) is 27.6. The van der Waals surface area contributed by atoms with Gasteiger partial charge in [0.05, 0.1) is 29.4 Å². The molecule has 0 aromatic carbocycles. The minimum absolute atomic E-state index is 0.224. The zero-order chi connectivity index (χ0) is 13.8. The molecule has 0 atom stereocenters. The van der Waals surface area contributed by atoms with Gasteiger partial charge in [-0.15, -0.1) is 0 Å². The molecule has 0 bridgehead atoms. The average Bonchev–Trinajstić information content (AvgIpc) is 2.44. The van der Waals surface area contributed by atoms with Crippen LogP contribution < -0.4 is 5.56 Å². The predicted octanol–water partition coefficient (Wildman–Crippen LogP) is 1.84. The quantitative estimate of drug-likeness (QED) is 0.809. The van der Waals surface area contributed by atoms with Gasteiger partial charge in [-0.05, 0) is 34.1 Å². The number of ether oxygens (including phenoxy) is 1. The molecule has 0 radical (unpaired) electrons. The van der Waals surface area contributed by atoms with Crippen molar-refractivity contribution in [3.8, 4) is 0 Å². The van der Waals surface area contributed by atoms with Gasteiger partial charge in [0.15, 0.2) is 0 Å². The van der Waals surface area contributed by atoms with Crippen LogP contribution in [0.25, 0.3) is 0 Å². The Morgan fingerprint density at radius 3 is 2.89 bits per heavy atom. The molecule has 0 aliphatic heterocycles. The molecule has 19 heavy (non-hydrogen) atoms. The molecule has 2 aromatic rings. The molecule has 0 unspecified atom stereocenters. The van der Waals surface area contributed by atoms with Crippen LogP contribution in [0.5, 0.6) is 0 Å². The second-order valence-corrected chi connectivity index (χ2v) is 4.68. The van der Waals surface area contributed by atoms with E-state index in [2.05, 4.69) is 25.7 Å². The lowest BCUT2D eigenvalue weighted by Gasteiger charge is -2.08. The lowest BCUT2D eigenvalue weighted by atomic mass is 10.2. The highest BCUT2D eigenvalue weighted by Crippen LogP contribution is 2.09. The van der Waals surface area contributed by atoms with Crippen molar-refractivity contribution < 1.29 is 9.53 Å². The largest absolute Gasteiger partial charge is 0.465 e. The number of methoxy groups -OCH3 is 1. The van der Waals surface area contributed by atoms with E-state index in [1.54, 1.807) is 12.3 Å². The summed E-state index contributed by atoms with van der Waals surface area (Å²) in [6.45, 7) is 0.295. The Balaban J connectivity index is 2.42. The van der Waals surface area contributed by atoms with Crippen molar-refractivity contribution >= 4 is 21.9 Å². The van der Waals surface area contributed by atoms with Crippen molar-refractivity contribution in [3.63, 3.8) is 0 Å². The number of hydrogen-bond acceptors (Lipinski definition) is 4. The summed E-state index contributed by atoms with van der Waals surface area (Å²) in [5.74, 6) is -0.490. The number of aromatic nitrogens is 2. The first-order chi connectivity index (χ1) is 9.11. The van der Waals surface area contributed by atoms with E-state index >= 15 is 0 Å². The standard InChI is InChI=1S/C13H11BrN2O3/c1-19-13(18)9-6-11(14)12(17)16(7-9)8-10-4-2-3-5-15-10/h2-7H,8H2,1H3. The molecule has 5 nitrogen and oxygen atoms in total. The van der Waals surface area contributed by atoms with E-state index < -0.39 is 5.97 Å². The van der Waals surface area contributed by atoms with E-state index in [9.17, 15) is 9.59 Å². The van der Waals surface area contributed by atoms with Crippen molar-refractivity contribution in [1.82, 2.24) is 9.55 Å². The maximum atomic E-state index is 12.0. The van der Waals surface area contributed by atoms with Gasteiger partial charge in [-0.2, -0.15) is 0 Å². The Hall–Kier alpha value is -1.95. The first-order valence-electron chi connectivity index (χ1n) is 5.50. The number of carbonyl (C=O) groups is 1. The molecule has 6 heteroatoms. The minimum atomic E-state index is -0.490. The molecule has 0 saturated heterocycles. The van der Waals surface area contributed by atoms with Crippen LogP contribution in [-0.4, -0.2) is 22.6 Å². The monoisotopic (exact) mass is 322 g/mol. The smallest absolute Gasteiger partial charge is 0.339 e. The van der Waals surface area contributed by atoms with E-state index in [4.69, 9.17) is 0 Å². The van der Waals surface area contributed by atoms with Crippen molar-refractivity contribution in [2.75, 3.05) is 7.11 Å². The van der Waals surface area contributed by atoms with E-state index in [0.29, 0.717) is 16.6 Å². The highest BCUT2D eigenvalue weighted by atomic mass is 79.9. The molecular weight excluding hydrogens is 312 g/mol. The Morgan fingerprint density at radius 2 is 2.26 bits per heavy atom.